The Morgan fingerprint density at radius 1 is 1.39 bits per heavy atom. The smallest absolute Gasteiger partial charge is 0.251 e. The SMILES string of the molecule is CCOC1CC(NC(=O)c2cc(N)ccc2C)C12CCCC2.Cl. The summed E-state index contributed by atoms with van der Waals surface area (Å²) in [6.45, 7) is 4.75. The highest BCUT2D eigenvalue weighted by atomic mass is 35.5. The lowest BCUT2D eigenvalue weighted by atomic mass is 9.60. The topological polar surface area (TPSA) is 64.3 Å². The van der Waals surface area contributed by atoms with Crippen LogP contribution in [0.2, 0.25) is 0 Å². The van der Waals surface area contributed by atoms with Crippen molar-refractivity contribution in [3.63, 3.8) is 0 Å². The summed E-state index contributed by atoms with van der Waals surface area (Å²) in [5.41, 5.74) is 8.27. The van der Waals surface area contributed by atoms with E-state index in [-0.39, 0.29) is 29.8 Å². The van der Waals surface area contributed by atoms with Crippen LogP contribution < -0.4 is 11.1 Å². The number of nitrogen functional groups attached to an aromatic ring is 1. The molecule has 3 N–H and O–H groups in total. The van der Waals surface area contributed by atoms with Crippen molar-refractivity contribution in [3.05, 3.63) is 29.3 Å². The molecule has 0 aromatic heterocycles. The molecule has 128 valence electrons. The van der Waals surface area contributed by atoms with E-state index in [0.717, 1.165) is 18.6 Å². The number of hydrogen-bond acceptors (Lipinski definition) is 3. The first-order valence-corrected chi connectivity index (χ1v) is 8.35. The molecule has 2 aliphatic rings. The van der Waals surface area contributed by atoms with Gasteiger partial charge in [-0.25, -0.2) is 0 Å². The number of halogens is 1. The second kappa shape index (κ2) is 7.10. The van der Waals surface area contributed by atoms with Crippen molar-refractivity contribution < 1.29 is 9.53 Å². The van der Waals surface area contributed by atoms with Gasteiger partial charge in [0, 0.05) is 29.3 Å². The molecule has 4 nitrogen and oxygen atoms in total. The summed E-state index contributed by atoms with van der Waals surface area (Å²) in [5.74, 6) is -0.00368. The average molecular weight is 339 g/mol. The summed E-state index contributed by atoms with van der Waals surface area (Å²) >= 11 is 0. The molecule has 1 aromatic carbocycles. The molecule has 2 fully saturated rings. The van der Waals surface area contributed by atoms with Crippen LogP contribution in [-0.2, 0) is 4.74 Å². The maximum atomic E-state index is 12.6. The van der Waals surface area contributed by atoms with Crippen LogP contribution in [-0.4, -0.2) is 24.7 Å². The number of carbonyl (C=O) groups is 1. The fourth-order valence-corrected chi connectivity index (χ4v) is 4.21. The zero-order valence-electron chi connectivity index (χ0n) is 13.9. The molecule has 3 rings (SSSR count). The third kappa shape index (κ3) is 3.20. The maximum Gasteiger partial charge on any atom is 0.251 e. The minimum absolute atomic E-state index is 0. The van der Waals surface area contributed by atoms with Crippen LogP contribution in [0.5, 0.6) is 0 Å². The van der Waals surface area contributed by atoms with E-state index in [2.05, 4.69) is 5.32 Å². The molecule has 0 aliphatic heterocycles. The van der Waals surface area contributed by atoms with Gasteiger partial charge in [-0.1, -0.05) is 18.9 Å². The first-order valence-electron chi connectivity index (χ1n) is 8.35. The lowest BCUT2D eigenvalue weighted by molar-refractivity contribution is -0.127. The Bertz CT molecular complexity index is 570. The molecule has 23 heavy (non-hydrogen) atoms. The monoisotopic (exact) mass is 338 g/mol. The lowest BCUT2D eigenvalue weighted by Crippen LogP contribution is -2.63. The number of hydrogen-bond donors (Lipinski definition) is 2. The van der Waals surface area contributed by atoms with Gasteiger partial charge in [0.05, 0.1) is 6.10 Å². The number of benzene rings is 1. The van der Waals surface area contributed by atoms with E-state index in [1.54, 1.807) is 6.07 Å². The van der Waals surface area contributed by atoms with Crippen LogP contribution >= 0.6 is 12.4 Å². The van der Waals surface area contributed by atoms with Crippen molar-refractivity contribution in [1.29, 1.82) is 0 Å². The molecule has 1 spiro atoms. The molecule has 0 heterocycles. The van der Waals surface area contributed by atoms with E-state index in [1.165, 1.54) is 25.7 Å². The van der Waals surface area contributed by atoms with Crippen molar-refractivity contribution >= 4 is 24.0 Å². The number of nitrogens with one attached hydrogen (secondary N) is 1. The van der Waals surface area contributed by atoms with E-state index in [4.69, 9.17) is 10.5 Å². The highest BCUT2D eigenvalue weighted by molar-refractivity contribution is 5.96. The normalized spacial score (nSPS) is 24.8. The van der Waals surface area contributed by atoms with E-state index in [0.29, 0.717) is 17.4 Å². The first-order chi connectivity index (χ1) is 10.6. The standard InChI is InChI=1S/C18H26N2O2.ClH/c1-3-22-16-11-15(18(16)8-4-5-9-18)20-17(21)14-10-13(19)7-6-12(14)2;/h6-7,10,15-16H,3-5,8-9,11,19H2,1-2H3,(H,20,21);1H. The average Bonchev–Trinajstić information content (AvgIpc) is 3.01. The molecule has 1 amide bonds. The molecule has 0 saturated heterocycles. The molecule has 2 saturated carbocycles. The molecule has 0 radical (unpaired) electrons. The fraction of sp³-hybridized carbons (Fsp3) is 0.611. The number of carbonyl (C=O) groups excluding carboxylic acids is 1. The third-order valence-corrected chi connectivity index (χ3v) is 5.50. The van der Waals surface area contributed by atoms with Crippen LogP contribution in [0.3, 0.4) is 0 Å². The van der Waals surface area contributed by atoms with Crippen LogP contribution in [0, 0.1) is 12.3 Å². The molecule has 2 unspecified atom stereocenters. The highest BCUT2D eigenvalue weighted by Gasteiger charge is 2.57. The Morgan fingerprint density at radius 2 is 2.09 bits per heavy atom. The van der Waals surface area contributed by atoms with Gasteiger partial charge in [-0.15, -0.1) is 12.4 Å². The summed E-state index contributed by atoms with van der Waals surface area (Å²) in [5, 5.41) is 3.25. The highest BCUT2D eigenvalue weighted by Crippen LogP contribution is 2.54. The maximum absolute atomic E-state index is 12.6. The number of ether oxygens (including phenoxy) is 1. The Morgan fingerprint density at radius 3 is 2.74 bits per heavy atom. The van der Waals surface area contributed by atoms with Gasteiger partial charge in [-0.2, -0.15) is 0 Å². The van der Waals surface area contributed by atoms with Gasteiger partial charge in [0.25, 0.3) is 5.91 Å². The summed E-state index contributed by atoms with van der Waals surface area (Å²) in [6, 6.07) is 5.74. The van der Waals surface area contributed by atoms with Gasteiger partial charge in [0.1, 0.15) is 0 Å². The summed E-state index contributed by atoms with van der Waals surface area (Å²) in [7, 11) is 0. The molecular formula is C18H27ClN2O2. The molecular weight excluding hydrogens is 312 g/mol. The van der Waals surface area contributed by atoms with Crippen molar-refractivity contribution in [2.45, 2.75) is 58.1 Å². The zero-order chi connectivity index (χ0) is 15.7. The van der Waals surface area contributed by atoms with Gasteiger partial charge in [0.15, 0.2) is 0 Å². The minimum Gasteiger partial charge on any atom is -0.399 e. The first kappa shape index (κ1) is 18.1. The lowest BCUT2D eigenvalue weighted by Gasteiger charge is -2.54. The number of amides is 1. The van der Waals surface area contributed by atoms with Gasteiger partial charge >= 0.3 is 0 Å². The quantitative estimate of drug-likeness (QED) is 0.826. The second-order valence-corrected chi connectivity index (χ2v) is 6.72. The Labute approximate surface area is 144 Å². The van der Waals surface area contributed by atoms with Crippen molar-refractivity contribution in [1.82, 2.24) is 5.32 Å². The van der Waals surface area contributed by atoms with E-state index in [1.807, 2.05) is 26.0 Å². The number of aryl methyl sites for hydroxylation is 1. The summed E-state index contributed by atoms with van der Waals surface area (Å²) < 4.78 is 5.90. The zero-order valence-corrected chi connectivity index (χ0v) is 14.7. The predicted molar refractivity (Wildman–Crippen MR) is 95.0 cm³/mol. The third-order valence-electron chi connectivity index (χ3n) is 5.50. The molecule has 1 aromatic rings. The van der Waals surface area contributed by atoms with Crippen LogP contribution in [0.25, 0.3) is 0 Å². The fourth-order valence-electron chi connectivity index (χ4n) is 4.21. The number of rotatable bonds is 4. The largest absolute Gasteiger partial charge is 0.399 e. The molecule has 2 atom stereocenters. The van der Waals surface area contributed by atoms with Gasteiger partial charge in [-0.05, 0) is 50.8 Å². The van der Waals surface area contributed by atoms with Crippen LogP contribution in [0.15, 0.2) is 18.2 Å². The molecule has 0 bridgehead atoms. The van der Waals surface area contributed by atoms with Crippen LogP contribution in [0.4, 0.5) is 5.69 Å². The van der Waals surface area contributed by atoms with Crippen molar-refractivity contribution in [2.75, 3.05) is 12.3 Å². The Kier molecular flexibility index (Phi) is 5.58. The number of nitrogens with two attached hydrogens (primary N) is 1. The van der Waals surface area contributed by atoms with Crippen LogP contribution in [0.1, 0.15) is 54.9 Å². The summed E-state index contributed by atoms with van der Waals surface area (Å²) in [4.78, 5) is 12.6. The second-order valence-electron chi connectivity index (χ2n) is 6.72. The van der Waals surface area contributed by atoms with Gasteiger partial charge in [-0.3, -0.25) is 4.79 Å². The van der Waals surface area contributed by atoms with E-state index in [9.17, 15) is 4.79 Å². The van der Waals surface area contributed by atoms with E-state index >= 15 is 0 Å². The molecule has 2 aliphatic carbocycles. The van der Waals surface area contributed by atoms with Gasteiger partial charge < -0.3 is 15.8 Å². The summed E-state index contributed by atoms with van der Waals surface area (Å²) in [6.07, 6.45) is 6.06. The van der Waals surface area contributed by atoms with Crippen molar-refractivity contribution in [3.8, 4) is 0 Å². The predicted octanol–water partition coefficient (Wildman–Crippen LogP) is 3.47. The minimum atomic E-state index is -0.00368. The number of anilines is 1. The Balaban J connectivity index is 0.00000192. The molecule has 5 heteroatoms. The Hall–Kier alpha value is -1.26. The van der Waals surface area contributed by atoms with Crippen molar-refractivity contribution in [2.24, 2.45) is 5.41 Å². The van der Waals surface area contributed by atoms with Gasteiger partial charge in [0.2, 0.25) is 0 Å². The van der Waals surface area contributed by atoms with E-state index < -0.39 is 0 Å².